The number of rotatable bonds is 5. The van der Waals surface area contributed by atoms with Crippen LogP contribution in [0.4, 0.5) is 8.78 Å². The first-order valence-electron chi connectivity index (χ1n) is 7.77. The van der Waals surface area contributed by atoms with Crippen molar-refractivity contribution < 1.29 is 18.6 Å². The highest BCUT2D eigenvalue weighted by molar-refractivity contribution is 5.67. The number of aryl methyl sites for hydroxylation is 1. The molecule has 0 spiro atoms. The van der Waals surface area contributed by atoms with E-state index in [1.807, 2.05) is 13.8 Å². The quantitative estimate of drug-likeness (QED) is 0.877. The van der Waals surface area contributed by atoms with Crippen LogP contribution in [-0.4, -0.2) is 30.4 Å². The minimum absolute atomic E-state index is 0.00952. The van der Waals surface area contributed by atoms with Crippen molar-refractivity contribution in [3.05, 3.63) is 47.4 Å². The molecule has 0 radical (unpaired) electrons. The maximum Gasteiger partial charge on any atom is 0.187 e. The summed E-state index contributed by atoms with van der Waals surface area (Å²) in [7, 11) is 1.47. The lowest BCUT2D eigenvalue weighted by Gasteiger charge is -2.21. The van der Waals surface area contributed by atoms with E-state index < -0.39 is 18.8 Å². The number of hydrogen-bond acceptors (Lipinski definition) is 4. The Labute approximate surface area is 141 Å². The molecule has 0 aliphatic heterocycles. The van der Waals surface area contributed by atoms with Crippen molar-refractivity contribution in [1.29, 1.82) is 0 Å². The number of pyridine rings is 1. The van der Waals surface area contributed by atoms with Gasteiger partial charge in [-0.15, -0.1) is 0 Å². The number of nitrogens with zero attached hydrogens (tertiary/aromatic N) is 1. The SMILES string of the molecule is CC.COc1ccc(C(F)(CN)CO)nc1-c1ccc(F)c(C)c1. The van der Waals surface area contributed by atoms with Gasteiger partial charge < -0.3 is 15.6 Å². The van der Waals surface area contributed by atoms with E-state index in [0.717, 1.165) is 0 Å². The minimum Gasteiger partial charge on any atom is -0.494 e. The Morgan fingerprint density at radius 3 is 2.42 bits per heavy atom. The highest BCUT2D eigenvalue weighted by Gasteiger charge is 2.32. The maximum atomic E-state index is 14.5. The van der Waals surface area contributed by atoms with Crippen LogP contribution in [0.3, 0.4) is 0 Å². The zero-order valence-corrected chi connectivity index (χ0v) is 14.4. The van der Waals surface area contributed by atoms with Gasteiger partial charge in [0, 0.05) is 12.1 Å². The van der Waals surface area contributed by atoms with Crippen LogP contribution in [-0.2, 0) is 5.67 Å². The highest BCUT2D eigenvalue weighted by Crippen LogP contribution is 2.32. The lowest BCUT2D eigenvalue weighted by molar-refractivity contribution is 0.0728. The standard InChI is InChI=1S/C16H18F2N2O2.C2H6/c1-10-7-11(3-4-12(10)17)15-13(22-2)5-6-14(20-15)16(18,8-19)9-21;1-2/h3-7,21H,8-9,19H2,1-2H3;1-2H3. The van der Waals surface area contributed by atoms with Crippen LogP contribution < -0.4 is 10.5 Å². The van der Waals surface area contributed by atoms with Crippen molar-refractivity contribution in [2.24, 2.45) is 5.73 Å². The topological polar surface area (TPSA) is 68.4 Å². The van der Waals surface area contributed by atoms with Crippen LogP contribution in [0.5, 0.6) is 5.75 Å². The van der Waals surface area contributed by atoms with Crippen LogP contribution in [0.25, 0.3) is 11.3 Å². The molecule has 1 aromatic carbocycles. The molecule has 1 aromatic heterocycles. The smallest absolute Gasteiger partial charge is 0.187 e. The molecule has 2 rings (SSSR count). The predicted molar refractivity (Wildman–Crippen MR) is 91.2 cm³/mol. The molecule has 0 bridgehead atoms. The van der Waals surface area contributed by atoms with Gasteiger partial charge in [-0.05, 0) is 42.8 Å². The Bertz CT molecular complexity index is 674. The van der Waals surface area contributed by atoms with Gasteiger partial charge in [0.25, 0.3) is 0 Å². The van der Waals surface area contributed by atoms with Gasteiger partial charge in [0.05, 0.1) is 19.4 Å². The summed E-state index contributed by atoms with van der Waals surface area (Å²) in [4.78, 5) is 4.24. The summed E-state index contributed by atoms with van der Waals surface area (Å²) in [5.74, 6) is 0.0862. The van der Waals surface area contributed by atoms with E-state index in [1.165, 1.54) is 25.3 Å². The fraction of sp³-hybridized carbons (Fsp3) is 0.389. The number of halogens is 2. The molecule has 1 heterocycles. The largest absolute Gasteiger partial charge is 0.494 e. The van der Waals surface area contributed by atoms with E-state index in [9.17, 15) is 13.9 Å². The molecule has 4 nitrogen and oxygen atoms in total. The van der Waals surface area contributed by atoms with Crippen LogP contribution in [0, 0.1) is 12.7 Å². The number of hydrogen-bond donors (Lipinski definition) is 2. The zero-order chi connectivity index (χ0) is 18.3. The van der Waals surface area contributed by atoms with Crippen LogP contribution in [0.2, 0.25) is 0 Å². The molecular formula is C18H24F2N2O2. The molecule has 6 heteroatoms. The first-order valence-corrected chi connectivity index (χ1v) is 7.77. The third kappa shape index (κ3) is 4.07. The molecule has 0 saturated carbocycles. The maximum absolute atomic E-state index is 14.5. The predicted octanol–water partition coefficient (Wildman–Crippen LogP) is 3.35. The summed E-state index contributed by atoms with van der Waals surface area (Å²) in [5, 5.41) is 9.23. The second-order valence-corrected chi connectivity index (χ2v) is 5.04. The number of ether oxygens (including phenoxy) is 1. The number of aliphatic hydroxyl groups excluding tert-OH is 1. The summed E-state index contributed by atoms with van der Waals surface area (Å²) in [6.07, 6.45) is 0. The van der Waals surface area contributed by atoms with Crippen molar-refractivity contribution in [1.82, 2.24) is 4.98 Å². The van der Waals surface area contributed by atoms with Crippen molar-refractivity contribution >= 4 is 0 Å². The summed E-state index contributed by atoms with van der Waals surface area (Å²) in [6.45, 7) is 4.46. The van der Waals surface area contributed by atoms with E-state index in [0.29, 0.717) is 22.6 Å². The van der Waals surface area contributed by atoms with Gasteiger partial charge in [-0.1, -0.05) is 13.8 Å². The Morgan fingerprint density at radius 2 is 1.92 bits per heavy atom. The second kappa shape index (κ2) is 8.70. The van der Waals surface area contributed by atoms with E-state index in [1.54, 1.807) is 19.1 Å². The molecule has 0 amide bonds. The highest BCUT2D eigenvalue weighted by atomic mass is 19.1. The molecule has 24 heavy (non-hydrogen) atoms. The lowest BCUT2D eigenvalue weighted by Crippen LogP contribution is -2.35. The Balaban J connectivity index is 0.00000139. The molecule has 0 aliphatic carbocycles. The second-order valence-electron chi connectivity index (χ2n) is 5.04. The van der Waals surface area contributed by atoms with Crippen LogP contribution >= 0.6 is 0 Å². The summed E-state index contributed by atoms with van der Waals surface area (Å²) >= 11 is 0. The number of nitrogens with two attached hydrogens (primary N) is 1. The lowest BCUT2D eigenvalue weighted by atomic mass is 10.0. The zero-order valence-electron chi connectivity index (χ0n) is 14.4. The molecule has 0 aliphatic rings. The number of methoxy groups -OCH3 is 1. The Morgan fingerprint density at radius 1 is 1.25 bits per heavy atom. The summed E-state index contributed by atoms with van der Waals surface area (Å²) in [6, 6.07) is 7.43. The Kier molecular flexibility index (Phi) is 7.25. The number of benzene rings is 1. The average Bonchev–Trinajstić information content (AvgIpc) is 2.64. The minimum atomic E-state index is -2.13. The van der Waals surface area contributed by atoms with E-state index in [2.05, 4.69) is 4.98 Å². The summed E-state index contributed by atoms with van der Waals surface area (Å²) < 4.78 is 33.2. The molecule has 0 fully saturated rings. The van der Waals surface area contributed by atoms with E-state index >= 15 is 0 Å². The van der Waals surface area contributed by atoms with Crippen molar-refractivity contribution in [3.8, 4) is 17.0 Å². The first kappa shape index (κ1) is 20.0. The molecule has 0 saturated heterocycles. The van der Waals surface area contributed by atoms with Gasteiger partial charge in [-0.3, -0.25) is 0 Å². The van der Waals surface area contributed by atoms with Crippen LogP contribution in [0.1, 0.15) is 25.1 Å². The summed E-state index contributed by atoms with van der Waals surface area (Å²) in [5.41, 5.74) is 4.68. The van der Waals surface area contributed by atoms with Gasteiger partial charge in [-0.2, -0.15) is 0 Å². The number of aromatic nitrogens is 1. The van der Waals surface area contributed by atoms with Gasteiger partial charge >= 0.3 is 0 Å². The van der Waals surface area contributed by atoms with Crippen molar-refractivity contribution in [3.63, 3.8) is 0 Å². The number of alkyl halides is 1. The van der Waals surface area contributed by atoms with Gasteiger partial charge in [0.15, 0.2) is 5.67 Å². The van der Waals surface area contributed by atoms with E-state index in [4.69, 9.17) is 10.5 Å². The Hall–Kier alpha value is -2.05. The number of aliphatic hydroxyl groups is 1. The molecule has 3 N–H and O–H groups in total. The van der Waals surface area contributed by atoms with Crippen LogP contribution in [0.15, 0.2) is 30.3 Å². The third-order valence-corrected chi connectivity index (χ3v) is 3.54. The molecule has 132 valence electrons. The van der Waals surface area contributed by atoms with Crippen molar-refractivity contribution in [2.75, 3.05) is 20.3 Å². The monoisotopic (exact) mass is 338 g/mol. The van der Waals surface area contributed by atoms with Gasteiger partial charge in [0.2, 0.25) is 0 Å². The fourth-order valence-corrected chi connectivity index (χ4v) is 2.11. The van der Waals surface area contributed by atoms with Gasteiger partial charge in [0.1, 0.15) is 17.3 Å². The molecule has 1 atom stereocenters. The first-order chi connectivity index (χ1) is 11.4. The third-order valence-electron chi connectivity index (χ3n) is 3.54. The molecule has 1 unspecified atom stereocenters. The van der Waals surface area contributed by atoms with Crippen molar-refractivity contribution in [2.45, 2.75) is 26.4 Å². The average molecular weight is 338 g/mol. The normalized spacial score (nSPS) is 12.8. The fourth-order valence-electron chi connectivity index (χ4n) is 2.11. The van der Waals surface area contributed by atoms with Gasteiger partial charge in [-0.25, -0.2) is 13.8 Å². The molecule has 2 aromatic rings. The molecular weight excluding hydrogens is 314 g/mol. The van der Waals surface area contributed by atoms with E-state index in [-0.39, 0.29) is 11.5 Å².